The van der Waals surface area contributed by atoms with E-state index in [4.69, 9.17) is 19.7 Å². The Labute approximate surface area is 205 Å². The standard InChI is InChI=1S/C29H30N2O4/c1-3-34-27-13-9-8-12-23(27)26-19-25(30-31(26)20-22-10-6-5-7-11-22)24-18-21(15-17-29(32)33)14-16-28(24)35-4-2/h5-14,16,18-19H,3-4,15,17,20H2,1-2H3,(H,32,33). The number of rotatable bonds is 11. The number of para-hydroxylation sites is 1. The van der Waals surface area contributed by atoms with Crippen molar-refractivity contribution in [2.75, 3.05) is 13.2 Å². The summed E-state index contributed by atoms with van der Waals surface area (Å²) in [4.78, 5) is 11.1. The van der Waals surface area contributed by atoms with E-state index in [9.17, 15) is 4.79 Å². The molecule has 4 rings (SSSR count). The predicted molar refractivity (Wildman–Crippen MR) is 137 cm³/mol. The summed E-state index contributed by atoms with van der Waals surface area (Å²) in [5.41, 5.74) is 5.58. The van der Waals surface area contributed by atoms with Crippen LogP contribution in [0.4, 0.5) is 0 Å². The monoisotopic (exact) mass is 470 g/mol. The van der Waals surface area contributed by atoms with E-state index in [0.717, 1.165) is 45.1 Å². The highest BCUT2D eigenvalue weighted by Gasteiger charge is 2.18. The number of aliphatic carboxylic acids is 1. The Bertz CT molecular complexity index is 1280. The minimum atomic E-state index is -0.817. The number of carboxylic acid groups (broad SMARTS) is 1. The Morgan fingerprint density at radius 2 is 1.51 bits per heavy atom. The van der Waals surface area contributed by atoms with Crippen molar-refractivity contribution in [2.45, 2.75) is 33.2 Å². The lowest BCUT2D eigenvalue weighted by Gasteiger charge is -2.12. The zero-order valence-electron chi connectivity index (χ0n) is 20.1. The second-order valence-corrected chi connectivity index (χ2v) is 8.14. The molecule has 180 valence electrons. The number of nitrogens with zero attached hydrogens (tertiary/aromatic N) is 2. The van der Waals surface area contributed by atoms with E-state index in [-0.39, 0.29) is 6.42 Å². The highest BCUT2D eigenvalue weighted by atomic mass is 16.5. The summed E-state index contributed by atoms with van der Waals surface area (Å²) in [7, 11) is 0. The van der Waals surface area contributed by atoms with Crippen molar-refractivity contribution < 1.29 is 19.4 Å². The average Bonchev–Trinajstić information content (AvgIpc) is 3.28. The van der Waals surface area contributed by atoms with Gasteiger partial charge in [-0.1, -0.05) is 48.5 Å². The molecule has 0 aliphatic carbocycles. The van der Waals surface area contributed by atoms with Gasteiger partial charge in [0.2, 0.25) is 0 Å². The predicted octanol–water partition coefficient (Wildman–Crippen LogP) is 6.08. The summed E-state index contributed by atoms with van der Waals surface area (Å²) in [6, 6.07) is 26.0. The van der Waals surface area contributed by atoms with E-state index >= 15 is 0 Å². The molecule has 0 aliphatic rings. The van der Waals surface area contributed by atoms with Crippen LogP contribution < -0.4 is 9.47 Å². The Balaban J connectivity index is 1.84. The van der Waals surface area contributed by atoms with Crippen LogP contribution in [0.3, 0.4) is 0 Å². The first-order valence-corrected chi connectivity index (χ1v) is 11.9. The Morgan fingerprint density at radius 1 is 0.829 bits per heavy atom. The quantitative estimate of drug-likeness (QED) is 0.288. The second-order valence-electron chi connectivity index (χ2n) is 8.14. The lowest BCUT2D eigenvalue weighted by atomic mass is 10.0. The molecule has 3 aromatic carbocycles. The molecular weight excluding hydrogens is 440 g/mol. The largest absolute Gasteiger partial charge is 0.493 e. The third-order valence-corrected chi connectivity index (χ3v) is 5.67. The van der Waals surface area contributed by atoms with Crippen molar-refractivity contribution in [2.24, 2.45) is 0 Å². The fourth-order valence-electron chi connectivity index (χ4n) is 4.07. The third kappa shape index (κ3) is 5.90. The molecule has 0 radical (unpaired) electrons. The molecule has 1 aromatic heterocycles. The summed E-state index contributed by atoms with van der Waals surface area (Å²) in [6.45, 7) is 5.60. The Morgan fingerprint density at radius 3 is 2.23 bits per heavy atom. The van der Waals surface area contributed by atoms with E-state index < -0.39 is 5.97 Å². The van der Waals surface area contributed by atoms with Crippen LogP contribution >= 0.6 is 0 Å². The van der Waals surface area contributed by atoms with Gasteiger partial charge in [-0.25, -0.2) is 0 Å². The minimum Gasteiger partial charge on any atom is -0.493 e. The third-order valence-electron chi connectivity index (χ3n) is 5.67. The molecule has 0 aliphatic heterocycles. The van der Waals surface area contributed by atoms with Crippen molar-refractivity contribution >= 4 is 5.97 Å². The van der Waals surface area contributed by atoms with Crippen LogP contribution in [0.2, 0.25) is 0 Å². The number of hydrogen-bond acceptors (Lipinski definition) is 4. The van der Waals surface area contributed by atoms with Crippen molar-refractivity contribution in [3.63, 3.8) is 0 Å². The average molecular weight is 471 g/mol. The first-order valence-electron chi connectivity index (χ1n) is 11.9. The normalized spacial score (nSPS) is 10.8. The fraction of sp³-hybridized carbons (Fsp3) is 0.241. The summed E-state index contributed by atoms with van der Waals surface area (Å²) >= 11 is 0. The maximum atomic E-state index is 11.1. The van der Waals surface area contributed by atoms with Crippen molar-refractivity contribution in [1.82, 2.24) is 9.78 Å². The van der Waals surface area contributed by atoms with Gasteiger partial charge < -0.3 is 14.6 Å². The van der Waals surface area contributed by atoms with Gasteiger partial charge in [0.1, 0.15) is 11.5 Å². The highest BCUT2D eigenvalue weighted by Crippen LogP contribution is 2.36. The topological polar surface area (TPSA) is 73.6 Å². The molecule has 6 nitrogen and oxygen atoms in total. The molecular formula is C29H30N2O4. The van der Waals surface area contributed by atoms with Crippen LogP contribution in [0, 0.1) is 0 Å². The number of carboxylic acids is 1. The van der Waals surface area contributed by atoms with E-state index in [2.05, 4.69) is 18.2 Å². The molecule has 0 unspecified atom stereocenters. The summed E-state index contributed by atoms with van der Waals surface area (Å²) in [6.07, 6.45) is 0.516. The Hall–Kier alpha value is -4.06. The summed E-state index contributed by atoms with van der Waals surface area (Å²) < 4.78 is 13.8. The van der Waals surface area contributed by atoms with E-state index in [1.165, 1.54) is 0 Å². The molecule has 1 N–H and O–H groups in total. The van der Waals surface area contributed by atoms with Gasteiger partial charge in [-0.05, 0) is 61.7 Å². The molecule has 4 aromatic rings. The first-order chi connectivity index (χ1) is 17.1. The molecule has 35 heavy (non-hydrogen) atoms. The zero-order valence-corrected chi connectivity index (χ0v) is 20.1. The van der Waals surface area contributed by atoms with Gasteiger partial charge in [-0.2, -0.15) is 5.10 Å². The van der Waals surface area contributed by atoms with Gasteiger partial charge in [0, 0.05) is 17.5 Å². The molecule has 0 spiro atoms. The number of hydrogen-bond donors (Lipinski definition) is 1. The van der Waals surface area contributed by atoms with Crippen molar-refractivity contribution in [3.05, 3.63) is 90.0 Å². The number of aryl methyl sites for hydroxylation is 1. The van der Waals surface area contributed by atoms with E-state index in [1.54, 1.807) is 0 Å². The van der Waals surface area contributed by atoms with Gasteiger partial charge in [-0.15, -0.1) is 0 Å². The molecule has 0 saturated heterocycles. The number of aromatic nitrogens is 2. The molecule has 6 heteroatoms. The molecule has 0 fully saturated rings. The van der Waals surface area contributed by atoms with E-state index in [0.29, 0.717) is 26.2 Å². The van der Waals surface area contributed by atoms with Gasteiger partial charge in [0.05, 0.1) is 31.1 Å². The van der Waals surface area contributed by atoms with E-state index in [1.807, 2.05) is 79.2 Å². The van der Waals surface area contributed by atoms with Crippen LogP contribution in [-0.2, 0) is 17.8 Å². The van der Waals surface area contributed by atoms with Crippen LogP contribution in [-0.4, -0.2) is 34.1 Å². The zero-order chi connectivity index (χ0) is 24.6. The SMILES string of the molecule is CCOc1ccc(CCC(=O)O)cc1-c1cc(-c2ccccc2OCC)n(Cc2ccccc2)n1. The minimum absolute atomic E-state index is 0.0723. The molecule has 0 saturated carbocycles. The van der Waals surface area contributed by atoms with Gasteiger partial charge in [0.25, 0.3) is 0 Å². The highest BCUT2D eigenvalue weighted by molar-refractivity contribution is 5.76. The first kappa shape index (κ1) is 24.1. The fourth-order valence-corrected chi connectivity index (χ4v) is 4.07. The van der Waals surface area contributed by atoms with Crippen LogP contribution in [0.15, 0.2) is 78.9 Å². The van der Waals surface area contributed by atoms with Crippen LogP contribution in [0.5, 0.6) is 11.5 Å². The van der Waals surface area contributed by atoms with Crippen LogP contribution in [0.25, 0.3) is 22.5 Å². The molecule has 0 atom stereocenters. The maximum absolute atomic E-state index is 11.1. The Kier molecular flexibility index (Phi) is 7.83. The number of carbonyl (C=O) groups is 1. The lowest BCUT2D eigenvalue weighted by molar-refractivity contribution is -0.136. The number of benzene rings is 3. The maximum Gasteiger partial charge on any atom is 0.303 e. The second kappa shape index (κ2) is 11.4. The van der Waals surface area contributed by atoms with Gasteiger partial charge >= 0.3 is 5.97 Å². The van der Waals surface area contributed by atoms with Crippen molar-refractivity contribution in [1.29, 1.82) is 0 Å². The summed E-state index contributed by atoms with van der Waals surface area (Å²) in [5, 5.41) is 14.1. The van der Waals surface area contributed by atoms with Gasteiger partial charge in [-0.3, -0.25) is 9.48 Å². The van der Waals surface area contributed by atoms with Crippen LogP contribution in [0.1, 0.15) is 31.4 Å². The van der Waals surface area contributed by atoms with Crippen molar-refractivity contribution in [3.8, 4) is 34.0 Å². The lowest BCUT2D eigenvalue weighted by Crippen LogP contribution is -2.05. The van der Waals surface area contributed by atoms with Gasteiger partial charge in [0.15, 0.2) is 0 Å². The molecule has 0 amide bonds. The number of ether oxygens (including phenoxy) is 2. The molecule has 1 heterocycles. The molecule has 0 bridgehead atoms. The smallest absolute Gasteiger partial charge is 0.303 e. The summed E-state index contributed by atoms with van der Waals surface area (Å²) in [5.74, 6) is 0.707.